The van der Waals surface area contributed by atoms with E-state index in [9.17, 15) is 20.0 Å². The number of benzene rings is 2. The minimum Gasteiger partial charge on any atom is -0.391 e. The second kappa shape index (κ2) is 8.33. The first-order chi connectivity index (χ1) is 12.5. The first-order valence-electron chi connectivity index (χ1n) is 8.55. The lowest BCUT2D eigenvalue weighted by molar-refractivity contribution is -0.384. The highest BCUT2D eigenvalue weighted by molar-refractivity contribution is 7.99. The second-order valence-corrected chi connectivity index (χ2v) is 7.40. The lowest BCUT2D eigenvalue weighted by Gasteiger charge is -2.28. The first kappa shape index (κ1) is 18.4. The van der Waals surface area contributed by atoms with Crippen LogP contribution >= 0.6 is 11.8 Å². The first-order valence-corrected chi connectivity index (χ1v) is 9.36. The maximum Gasteiger partial charge on any atom is 0.269 e. The molecule has 136 valence electrons. The number of aliphatic hydroxyl groups is 1. The van der Waals surface area contributed by atoms with Crippen LogP contribution in [0.15, 0.2) is 58.3 Å². The highest BCUT2D eigenvalue weighted by Gasteiger charge is 2.25. The summed E-state index contributed by atoms with van der Waals surface area (Å²) in [7, 11) is 0. The smallest absolute Gasteiger partial charge is 0.269 e. The summed E-state index contributed by atoms with van der Waals surface area (Å²) >= 11 is 1.38. The molecule has 1 saturated carbocycles. The molecule has 3 rings (SSSR count). The number of nitro benzene ring substituents is 1. The highest BCUT2D eigenvalue weighted by Crippen LogP contribution is 2.31. The summed E-state index contributed by atoms with van der Waals surface area (Å²) in [6, 6.07) is 13.3. The van der Waals surface area contributed by atoms with E-state index < -0.39 is 11.0 Å². The SMILES string of the molecule is O=C(NC1CCCCC1O)c1ccccc1Sc1ccc([N+](=O)[O-])cc1. The summed E-state index contributed by atoms with van der Waals surface area (Å²) in [6.07, 6.45) is 2.98. The zero-order valence-electron chi connectivity index (χ0n) is 14.1. The van der Waals surface area contributed by atoms with E-state index >= 15 is 0 Å². The van der Waals surface area contributed by atoms with Crippen molar-refractivity contribution < 1.29 is 14.8 Å². The molecule has 0 spiro atoms. The number of nitrogens with zero attached hydrogens (tertiary/aromatic N) is 1. The van der Waals surface area contributed by atoms with E-state index in [4.69, 9.17) is 0 Å². The fourth-order valence-electron chi connectivity index (χ4n) is 3.03. The molecule has 26 heavy (non-hydrogen) atoms. The number of carbonyl (C=O) groups is 1. The number of nitro groups is 1. The largest absolute Gasteiger partial charge is 0.391 e. The number of hydrogen-bond acceptors (Lipinski definition) is 5. The highest BCUT2D eigenvalue weighted by atomic mass is 32.2. The van der Waals surface area contributed by atoms with Crippen LogP contribution in [0.1, 0.15) is 36.0 Å². The molecule has 2 unspecified atom stereocenters. The van der Waals surface area contributed by atoms with Crippen molar-refractivity contribution in [3.8, 4) is 0 Å². The third kappa shape index (κ3) is 4.42. The lowest BCUT2D eigenvalue weighted by atomic mass is 9.92. The number of rotatable bonds is 5. The molecule has 2 aromatic rings. The molecule has 1 amide bonds. The van der Waals surface area contributed by atoms with Gasteiger partial charge in [0, 0.05) is 21.9 Å². The molecule has 1 fully saturated rings. The van der Waals surface area contributed by atoms with Crippen LogP contribution < -0.4 is 5.32 Å². The number of hydrogen-bond donors (Lipinski definition) is 2. The van der Waals surface area contributed by atoms with Gasteiger partial charge in [-0.05, 0) is 37.1 Å². The van der Waals surface area contributed by atoms with Crippen molar-refractivity contribution in [2.24, 2.45) is 0 Å². The average Bonchev–Trinajstić information content (AvgIpc) is 2.64. The van der Waals surface area contributed by atoms with Gasteiger partial charge in [-0.15, -0.1) is 0 Å². The van der Waals surface area contributed by atoms with Crippen molar-refractivity contribution >= 4 is 23.4 Å². The van der Waals surface area contributed by atoms with Crippen molar-refractivity contribution in [1.29, 1.82) is 0 Å². The van der Waals surface area contributed by atoms with E-state index in [0.29, 0.717) is 12.0 Å². The Hall–Kier alpha value is -2.38. The van der Waals surface area contributed by atoms with Gasteiger partial charge in [-0.1, -0.05) is 36.7 Å². The topological polar surface area (TPSA) is 92.5 Å². The Morgan fingerprint density at radius 3 is 2.50 bits per heavy atom. The van der Waals surface area contributed by atoms with Crippen LogP contribution in [0.25, 0.3) is 0 Å². The zero-order chi connectivity index (χ0) is 18.5. The molecule has 0 heterocycles. The average molecular weight is 372 g/mol. The molecule has 2 atom stereocenters. The molecule has 2 N–H and O–H groups in total. The Kier molecular flexibility index (Phi) is 5.90. The lowest BCUT2D eigenvalue weighted by Crippen LogP contribution is -2.45. The summed E-state index contributed by atoms with van der Waals surface area (Å²) in [5, 5.41) is 23.8. The Morgan fingerprint density at radius 1 is 1.12 bits per heavy atom. The van der Waals surface area contributed by atoms with Crippen LogP contribution in [0.4, 0.5) is 5.69 Å². The summed E-state index contributed by atoms with van der Waals surface area (Å²) in [5.74, 6) is -0.207. The molecule has 0 saturated heterocycles. The van der Waals surface area contributed by atoms with Gasteiger partial charge < -0.3 is 10.4 Å². The molecule has 0 bridgehead atoms. The third-order valence-corrected chi connectivity index (χ3v) is 5.54. The summed E-state index contributed by atoms with van der Waals surface area (Å²) in [5.41, 5.74) is 0.570. The Labute approximate surface area is 155 Å². The third-order valence-electron chi connectivity index (χ3n) is 4.45. The van der Waals surface area contributed by atoms with Crippen LogP contribution in [-0.2, 0) is 0 Å². The number of non-ortho nitro benzene ring substituents is 1. The van der Waals surface area contributed by atoms with Crippen LogP contribution in [0.5, 0.6) is 0 Å². The molecule has 1 aliphatic carbocycles. The van der Waals surface area contributed by atoms with E-state index in [1.807, 2.05) is 12.1 Å². The minimum absolute atomic E-state index is 0.0339. The zero-order valence-corrected chi connectivity index (χ0v) is 14.9. The molecule has 0 aliphatic heterocycles. The van der Waals surface area contributed by atoms with E-state index in [0.717, 1.165) is 29.1 Å². The van der Waals surface area contributed by atoms with E-state index in [1.54, 1.807) is 24.3 Å². The van der Waals surface area contributed by atoms with Crippen molar-refractivity contribution in [3.05, 3.63) is 64.2 Å². The Balaban J connectivity index is 1.75. The standard InChI is InChI=1S/C19H20N2O4S/c22-17-7-3-2-6-16(17)20-19(23)15-5-1-4-8-18(15)26-14-11-9-13(10-12-14)21(24)25/h1,4-5,8-12,16-17,22H,2-3,6-7H2,(H,20,23). The van der Waals surface area contributed by atoms with Crippen LogP contribution in [0.3, 0.4) is 0 Å². The molecular formula is C19H20N2O4S. The van der Waals surface area contributed by atoms with Crippen LogP contribution in [0, 0.1) is 10.1 Å². The number of nitrogens with one attached hydrogen (secondary N) is 1. The van der Waals surface area contributed by atoms with Crippen molar-refractivity contribution in [2.45, 2.75) is 47.6 Å². The van der Waals surface area contributed by atoms with Crippen molar-refractivity contribution in [3.63, 3.8) is 0 Å². The van der Waals surface area contributed by atoms with Gasteiger partial charge in [-0.2, -0.15) is 0 Å². The van der Waals surface area contributed by atoms with Gasteiger partial charge >= 0.3 is 0 Å². The van der Waals surface area contributed by atoms with Gasteiger partial charge in [-0.3, -0.25) is 14.9 Å². The van der Waals surface area contributed by atoms with Gasteiger partial charge in [0.25, 0.3) is 11.6 Å². The van der Waals surface area contributed by atoms with E-state index in [2.05, 4.69) is 5.32 Å². The monoisotopic (exact) mass is 372 g/mol. The molecule has 0 aromatic heterocycles. The predicted molar refractivity (Wildman–Crippen MR) is 99.4 cm³/mol. The number of carbonyl (C=O) groups excluding carboxylic acids is 1. The number of aliphatic hydroxyl groups excluding tert-OH is 1. The quantitative estimate of drug-likeness (QED) is 0.615. The number of amides is 1. The Bertz CT molecular complexity index is 794. The molecule has 0 radical (unpaired) electrons. The van der Waals surface area contributed by atoms with Gasteiger partial charge in [-0.25, -0.2) is 0 Å². The maximum atomic E-state index is 12.7. The van der Waals surface area contributed by atoms with Gasteiger partial charge in [0.15, 0.2) is 0 Å². The summed E-state index contributed by atoms with van der Waals surface area (Å²) in [4.78, 5) is 24.6. The van der Waals surface area contributed by atoms with Gasteiger partial charge in [0.05, 0.1) is 22.6 Å². The van der Waals surface area contributed by atoms with E-state index in [-0.39, 0.29) is 17.6 Å². The molecule has 1 aliphatic rings. The van der Waals surface area contributed by atoms with Crippen LogP contribution in [0.2, 0.25) is 0 Å². The van der Waals surface area contributed by atoms with Gasteiger partial charge in [0.2, 0.25) is 0 Å². The fraction of sp³-hybridized carbons (Fsp3) is 0.316. The van der Waals surface area contributed by atoms with E-state index in [1.165, 1.54) is 23.9 Å². The van der Waals surface area contributed by atoms with Gasteiger partial charge in [0.1, 0.15) is 0 Å². The molecular weight excluding hydrogens is 352 g/mol. The maximum absolute atomic E-state index is 12.7. The van der Waals surface area contributed by atoms with Crippen LogP contribution in [-0.4, -0.2) is 28.1 Å². The summed E-state index contributed by atoms with van der Waals surface area (Å²) in [6.45, 7) is 0. The molecule has 2 aromatic carbocycles. The summed E-state index contributed by atoms with van der Waals surface area (Å²) < 4.78 is 0. The minimum atomic E-state index is -0.498. The molecule has 7 heteroatoms. The Morgan fingerprint density at radius 2 is 1.81 bits per heavy atom. The molecule has 6 nitrogen and oxygen atoms in total. The van der Waals surface area contributed by atoms with Crippen molar-refractivity contribution in [1.82, 2.24) is 5.32 Å². The fourth-order valence-corrected chi connectivity index (χ4v) is 3.98. The second-order valence-electron chi connectivity index (χ2n) is 6.28. The predicted octanol–water partition coefficient (Wildman–Crippen LogP) is 3.78. The normalized spacial score (nSPS) is 19.7. The van der Waals surface area contributed by atoms with Crippen molar-refractivity contribution in [2.75, 3.05) is 0 Å².